The van der Waals surface area contributed by atoms with Crippen LogP contribution in [0.4, 0.5) is 0 Å². The Morgan fingerprint density at radius 1 is 1.56 bits per heavy atom. The number of methoxy groups -OCH3 is 1. The standard InChI is InChI=1S/C12H24N2O2/c1-3-4-6-10(13)11(15)14-9-12(16-2)7-5-8-12/h10H,3-9,13H2,1-2H3,(H,14,15). The lowest BCUT2D eigenvalue weighted by atomic mass is 9.80. The van der Waals surface area contributed by atoms with Crippen LogP contribution in [0.25, 0.3) is 0 Å². The van der Waals surface area contributed by atoms with Gasteiger partial charge in [0.2, 0.25) is 5.91 Å². The number of rotatable bonds is 7. The van der Waals surface area contributed by atoms with Gasteiger partial charge in [-0.1, -0.05) is 19.8 Å². The third kappa shape index (κ3) is 3.46. The molecule has 1 fully saturated rings. The van der Waals surface area contributed by atoms with Crippen molar-refractivity contribution in [2.45, 2.75) is 57.1 Å². The number of nitrogens with one attached hydrogen (secondary N) is 1. The monoisotopic (exact) mass is 228 g/mol. The Morgan fingerprint density at radius 3 is 2.69 bits per heavy atom. The fraction of sp³-hybridized carbons (Fsp3) is 0.917. The van der Waals surface area contributed by atoms with Gasteiger partial charge in [0.25, 0.3) is 0 Å². The van der Waals surface area contributed by atoms with Crippen LogP contribution in [-0.4, -0.2) is 31.2 Å². The Balaban J connectivity index is 2.23. The molecule has 4 heteroatoms. The second-order valence-electron chi connectivity index (χ2n) is 4.71. The summed E-state index contributed by atoms with van der Waals surface area (Å²) in [5.74, 6) is -0.0447. The number of hydrogen-bond donors (Lipinski definition) is 2. The van der Waals surface area contributed by atoms with Gasteiger partial charge in [-0.2, -0.15) is 0 Å². The first-order valence-electron chi connectivity index (χ1n) is 6.22. The number of unbranched alkanes of at least 4 members (excludes halogenated alkanes) is 1. The minimum absolute atomic E-state index is 0.0447. The first kappa shape index (κ1) is 13.5. The molecule has 0 aromatic heterocycles. The van der Waals surface area contributed by atoms with Crippen molar-refractivity contribution in [1.82, 2.24) is 5.32 Å². The zero-order chi connectivity index (χ0) is 12.0. The summed E-state index contributed by atoms with van der Waals surface area (Å²) in [6.45, 7) is 2.70. The molecule has 0 radical (unpaired) electrons. The molecule has 1 unspecified atom stereocenters. The molecule has 1 aliphatic carbocycles. The topological polar surface area (TPSA) is 64.4 Å². The quantitative estimate of drug-likeness (QED) is 0.688. The average molecular weight is 228 g/mol. The molecule has 1 aliphatic rings. The highest BCUT2D eigenvalue weighted by Gasteiger charge is 2.37. The molecule has 4 nitrogen and oxygen atoms in total. The van der Waals surface area contributed by atoms with Crippen LogP contribution in [-0.2, 0) is 9.53 Å². The molecule has 1 saturated carbocycles. The summed E-state index contributed by atoms with van der Waals surface area (Å²) in [4.78, 5) is 11.7. The van der Waals surface area contributed by atoms with Crippen LogP contribution in [0.5, 0.6) is 0 Å². The summed E-state index contributed by atoms with van der Waals surface area (Å²) in [6, 6.07) is -0.367. The molecule has 0 heterocycles. The van der Waals surface area contributed by atoms with Crippen molar-refractivity contribution in [2.24, 2.45) is 5.73 Å². The maximum Gasteiger partial charge on any atom is 0.237 e. The molecular formula is C12H24N2O2. The zero-order valence-electron chi connectivity index (χ0n) is 10.4. The van der Waals surface area contributed by atoms with Crippen LogP contribution < -0.4 is 11.1 Å². The number of carbonyl (C=O) groups excluding carboxylic acids is 1. The predicted molar refractivity (Wildman–Crippen MR) is 64.1 cm³/mol. The molecule has 1 amide bonds. The van der Waals surface area contributed by atoms with Crippen LogP contribution >= 0.6 is 0 Å². The van der Waals surface area contributed by atoms with Crippen molar-refractivity contribution in [1.29, 1.82) is 0 Å². The van der Waals surface area contributed by atoms with Crippen molar-refractivity contribution in [3.63, 3.8) is 0 Å². The normalized spacial score (nSPS) is 19.9. The highest BCUT2D eigenvalue weighted by atomic mass is 16.5. The van der Waals surface area contributed by atoms with Gasteiger partial charge < -0.3 is 15.8 Å². The maximum atomic E-state index is 11.7. The van der Waals surface area contributed by atoms with Gasteiger partial charge >= 0.3 is 0 Å². The first-order chi connectivity index (χ1) is 7.63. The predicted octanol–water partition coefficient (Wildman–Crippen LogP) is 1.19. The minimum atomic E-state index is -0.367. The van der Waals surface area contributed by atoms with Gasteiger partial charge in [-0.15, -0.1) is 0 Å². The fourth-order valence-electron chi connectivity index (χ4n) is 1.96. The van der Waals surface area contributed by atoms with Gasteiger partial charge in [0.05, 0.1) is 11.6 Å². The third-order valence-electron chi connectivity index (χ3n) is 3.49. The molecule has 1 rings (SSSR count). The van der Waals surface area contributed by atoms with Crippen LogP contribution in [0.15, 0.2) is 0 Å². The Hall–Kier alpha value is -0.610. The smallest absolute Gasteiger partial charge is 0.237 e. The van der Waals surface area contributed by atoms with Crippen LogP contribution in [0, 0.1) is 0 Å². The van der Waals surface area contributed by atoms with Gasteiger partial charge in [0.1, 0.15) is 0 Å². The summed E-state index contributed by atoms with van der Waals surface area (Å²) in [5, 5.41) is 2.90. The lowest BCUT2D eigenvalue weighted by molar-refractivity contribution is -0.126. The van der Waals surface area contributed by atoms with Crippen molar-refractivity contribution in [3.8, 4) is 0 Å². The molecule has 16 heavy (non-hydrogen) atoms. The SMILES string of the molecule is CCCCC(N)C(=O)NCC1(OC)CCC1. The second-order valence-corrected chi connectivity index (χ2v) is 4.71. The number of nitrogens with two attached hydrogens (primary N) is 1. The Bertz CT molecular complexity index is 222. The Labute approximate surface area is 97.9 Å². The van der Waals surface area contributed by atoms with E-state index >= 15 is 0 Å². The first-order valence-corrected chi connectivity index (χ1v) is 6.22. The number of amides is 1. The van der Waals surface area contributed by atoms with E-state index in [1.165, 1.54) is 6.42 Å². The minimum Gasteiger partial charge on any atom is -0.376 e. The lowest BCUT2D eigenvalue weighted by Gasteiger charge is -2.40. The fourth-order valence-corrected chi connectivity index (χ4v) is 1.96. The molecule has 0 aliphatic heterocycles. The Morgan fingerprint density at radius 2 is 2.25 bits per heavy atom. The summed E-state index contributed by atoms with van der Waals surface area (Å²) >= 11 is 0. The van der Waals surface area contributed by atoms with E-state index in [1.54, 1.807) is 7.11 Å². The van der Waals surface area contributed by atoms with Crippen molar-refractivity contribution in [2.75, 3.05) is 13.7 Å². The highest BCUT2D eigenvalue weighted by molar-refractivity contribution is 5.81. The molecular weight excluding hydrogens is 204 g/mol. The lowest BCUT2D eigenvalue weighted by Crippen LogP contribution is -2.52. The molecule has 0 bridgehead atoms. The maximum absolute atomic E-state index is 11.7. The van der Waals surface area contributed by atoms with Crippen molar-refractivity contribution in [3.05, 3.63) is 0 Å². The van der Waals surface area contributed by atoms with E-state index in [2.05, 4.69) is 12.2 Å². The van der Waals surface area contributed by atoms with Crippen LogP contribution in [0.2, 0.25) is 0 Å². The van der Waals surface area contributed by atoms with E-state index in [0.29, 0.717) is 6.54 Å². The number of ether oxygens (including phenoxy) is 1. The van der Waals surface area contributed by atoms with E-state index in [1.807, 2.05) is 0 Å². The highest BCUT2D eigenvalue weighted by Crippen LogP contribution is 2.34. The van der Waals surface area contributed by atoms with E-state index in [-0.39, 0.29) is 17.6 Å². The zero-order valence-corrected chi connectivity index (χ0v) is 10.4. The van der Waals surface area contributed by atoms with E-state index in [4.69, 9.17) is 10.5 Å². The Kier molecular flexibility index (Phi) is 5.22. The molecule has 0 aromatic carbocycles. The van der Waals surface area contributed by atoms with E-state index in [9.17, 15) is 4.79 Å². The summed E-state index contributed by atoms with van der Waals surface area (Å²) < 4.78 is 5.43. The summed E-state index contributed by atoms with van der Waals surface area (Å²) in [6.07, 6.45) is 6.10. The molecule has 3 N–H and O–H groups in total. The largest absolute Gasteiger partial charge is 0.376 e. The van der Waals surface area contributed by atoms with Gasteiger partial charge in [-0.05, 0) is 25.7 Å². The summed E-state index contributed by atoms with van der Waals surface area (Å²) in [7, 11) is 1.71. The molecule has 0 saturated heterocycles. The third-order valence-corrected chi connectivity index (χ3v) is 3.49. The van der Waals surface area contributed by atoms with Gasteiger partial charge in [-0.25, -0.2) is 0 Å². The van der Waals surface area contributed by atoms with Crippen molar-refractivity contribution >= 4 is 5.91 Å². The van der Waals surface area contributed by atoms with Crippen molar-refractivity contribution < 1.29 is 9.53 Å². The van der Waals surface area contributed by atoms with Gasteiger partial charge in [0, 0.05) is 13.7 Å². The van der Waals surface area contributed by atoms with Gasteiger partial charge in [-0.3, -0.25) is 4.79 Å². The van der Waals surface area contributed by atoms with E-state index < -0.39 is 0 Å². The van der Waals surface area contributed by atoms with Gasteiger partial charge in [0.15, 0.2) is 0 Å². The van der Waals surface area contributed by atoms with Crippen LogP contribution in [0.3, 0.4) is 0 Å². The van der Waals surface area contributed by atoms with Crippen LogP contribution in [0.1, 0.15) is 45.4 Å². The molecule has 0 spiro atoms. The average Bonchev–Trinajstić information content (AvgIpc) is 2.24. The molecule has 1 atom stereocenters. The molecule has 94 valence electrons. The number of carbonyl (C=O) groups is 1. The second kappa shape index (κ2) is 6.21. The number of hydrogen-bond acceptors (Lipinski definition) is 3. The summed E-state index contributed by atoms with van der Waals surface area (Å²) in [5.41, 5.74) is 5.67. The molecule has 0 aromatic rings. The van der Waals surface area contributed by atoms with E-state index in [0.717, 1.165) is 32.1 Å².